The molecule has 1 saturated heterocycles. The summed E-state index contributed by atoms with van der Waals surface area (Å²) in [6.07, 6.45) is 4.77. The van der Waals surface area contributed by atoms with Gasteiger partial charge in [0.25, 0.3) is 9.05 Å². The van der Waals surface area contributed by atoms with Gasteiger partial charge >= 0.3 is 0 Å². The van der Waals surface area contributed by atoms with E-state index in [4.69, 9.17) is 10.7 Å². The average Bonchev–Trinajstić information content (AvgIpc) is 2.04. The van der Waals surface area contributed by atoms with Crippen LogP contribution in [0.25, 0.3) is 0 Å². The van der Waals surface area contributed by atoms with Crippen molar-refractivity contribution in [2.45, 2.75) is 19.3 Å². The zero-order valence-corrected chi connectivity index (χ0v) is 8.94. The molecule has 0 bridgehead atoms. The molecular weight excluding hydrogens is 210 g/mol. The Hall–Kier alpha value is -0.0600. The summed E-state index contributed by atoms with van der Waals surface area (Å²) in [5, 5.41) is 4.34. The van der Waals surface area contributed by atoms with Crippen LogP contribution in [0.1, 0.15) is 19.3 Å². The van der Waals surface area contributed by atoms with Crippen LogP contribution in [-0.2, 0) is 9.05 Å². The normalized spacial score (nSPS) is 25.2. The zero-order valence-electron chi connectivity index (χ0n) is 7.37. The molecule has 13 heavy (non-hydrogen) atoms. The first-order chi connectivity index (χ1) is 6.08. The third-order valence-corrected chi connectivity index (χ3v) is 2.95. The van der Waals surface area contributed by atoms with Gasteiger partial charge in [0.15, 0.2) is 0 Å². The van der Waals surface area contributed by atoms with Crippen LogP contribution in [-0.4, -0.2) is 21.5 Å². The molecule has 1 atom stereocenters. The van der Waals surface area contributed by atoms with Crippen LogP contribution in [0.4, 0.5) is 0 Å². The lowest BCUT2D eigenvalue weighted by Crippen LogP contribution is -2.29. The number of hydrogen-bond acceptors (Lipinski definition) is 3. The highest BCUT2D eigenvalue weighted by Gasteiger charge is 2.10. The van der Waals surface area contributed by atoms with Crippen LogP contribution in [0.15, 0.2) is 11.5 Å². The van der Waals surface area contributed by atoms with Gasteiger partial charge in [-0.3, -0.25) is 0 Å². The highest BCUT2D eigenvalue weighted by atomic mass is 35.7. The summed E-state index contributed by atoms with van der Waals surface area (Å²) in [6.45, 7) is 2.06. The minimum atomic E-state index is -3.45. The standard InChI is InChI=1S/C8H14ClNO2S/c9-13(11,12)6-2-4-8-3-1-5-10-7-8/h2,6,8,10H,1,3-5,7H2/b6-2-. The number of allylic oxidation sites excluding steroid dienone is 1. The van der Waals surface area contributed by atoms with Crippen molar-refractivity contribution in [3.05, 3.63) is 11.5 Å². The van der Waals surface area contributed by atoms with E-state index in [0.717, 1.165) is 24.9 Å². The highest BCUT2D eigenvalue weighted by molar-refractivity contribution is 8.16. The molecule has 76 valence electrons. The molecule has 1 unspecified atom stereocenters. The maximum Gasteiger partial charge on any atom is 0.254 e. The molecule has 1 rings (SSSR count). The molecule has 1 N–H and O–H groups in total. The first-order valence-electron chi connectivity index (χ1n) is 4.40. The van der Waals surface area contributed by atoms with Gasteiger partial charge < -0.3 is 5.32 Å². The lowest BCUT2D eigenvalue weighted by molar-refractivity contribution is 0.381. The second-order valence-electron chi connectivity index (χ2n) is 3.30. The van der Waals surface area contributed by atoms with Gasteiger partial charge in [0.1, 0.15) is 0 Å². The summed E-state index contributed by atoms with van der Waals surface area (Å²) in [6, 6.07) is 0. The van der Waals surface area contributed by atoms with E-state index >= 15 is 0 Å². The van der Waals surface area contributed by atoms with Crippen LogP contribution in [0.3, 0.4) is 0 Å². The van der Waals surface area contributed by atoms with Crippen molar-refractivity contribution >= 4 is 19.7 Å². The van der Waals surface area contributed by atoms with E-state index in [9.17, 15) is 8.42 Å². The summed E-state index contributed by atoms with van der Waals surface area (Å²) < 4.78 is 21.1. The summed E-state index contributed by atoms with van der Waals surface area (Å²) >= 11 is 0. The van der Waals surface area contributed by atoms with E-state index < -0.39 is 9.05 Å². The van der Waals surface area contributed by atoms with Crippen molar-refractivity contribution < 1.29 is 8.42 Å². The van der Waals surface area contributed by atoms with Crippen molar-refractivity contribution in [3.63, 3.8) is 0 Å². The average molecular weight is 224 g/mol. The summed E-state index contributed by atoms with van der Waals surface area (Å²) in [7, 11) is 1.57. The molecule has 0 radical (unpaired) electrons. The lowest BCUT2D eigenvalue weighted by atomic mass is 9.96. The number of piperidine rings is 1. The Morgan fingerprint density at radius 2 is 2.31 bits per heavy atom. The Bertz CT molecular complexity index is 268. The quantitative estimate of drug-likeness (QED) is 0.737. The Morgan fingerprint density at radius 1 is 1.54 bits per heavy atom. The maximum absolute atomic E-state index is 10.5. The van der Waals surface area contributed by atoms with Gasteiger partial charge in [0.05, 0.1) is 0 Å². The number of rotatable bonds is 3. The SMILES string of the molecule is O=S(=O)(Cl)/C=C\CC1CCCNC1. The van der Waals surface area contributed by atoms with E-state index in [2.05, 4.69) is 5.32 Å². The predicted octanol–water partition coefficient (Wildman–Crippen LogP) is 1.46. The van der Waals surface area contributed by atoms with E-state index in [1.165, 1.54) is 12.8 Å². The van der Waals surface area contributed by atoms with Crippen LogP contribution in [0, 0.1) is 5.92 Å². The molecule has 3 nitrogen and oxygen atoms in total. The number of nitrogens with one attached hydrogen (secondary N) is 1. The molecule has 0 saturated carbocycles. The molecule has 0 aliphatic carbocycles. The predicted molar refractivity (Wildman–Crippen MR) is 54.1 cm³/mol. The third kappa shape index (κ3) is 5.29. The van der Waals surface area contributed by atoms with Crippen LogP contribution >= 0.6 is 10.7 Å². The van der Waals surface area contributed by atoms with Gasteiger partial charge in [-0.25, -0.2) is 8.42 Å². The van der Waals surface area contributed by atoms with Gasteiger partial charge in [0.2, 0.25) is 0 Å². The second-order valence-corrected chi connectivity index (χ2v) is 5.81. The molecule has 1 fully saturated rings. The highest BCUT2D eigenvalue weighted by Crippen LogP contribution is 2.14. The smallest absolute Gasteiger partial charge is 0.254 e. The molecule has 0 aromatic heterocycles. The minimum Gasteiger partial charge on any atom is -0.316 e. The molecule has 1 aliphatic rings. The van der Waals surface area contributed by atoms with Crippen molar-refractivity contribution in [2.75, 3.05) is 13.1 Å². The van der Waals surface area contributed by atoms with Crippen molar-refractivity contribution in [1.29, 1.82) is 0 Å². The maximum atomic E-state index is 10.5. The number of halogens is 1. The molecule has 1 aliphatic heterocycles. The van der Waals surface area contributed by atoms with Crippen LogP contribution in [0.5, 0.6) is 0 Å². The Labute approximate surface area is 83.6 Å². The van der Waals surface area contributed by atoms with E-state index in [-0.39, 0.29) is 0 Å². The topological polar surface area (TPSA) is 46.2 Å². The first-order valence-corrected chi connectivity index (χ1v) is 6.77. The lowest BCUT2D eigenvalue weighted by Gasteiger charge is -2.20. The first kappa shape index (κ1) is 11.0. The second kappa shape index (κ2) is 4.98. The molecule has 0 aromatic carbocycles. The Morgan fingerprint density at radius 3 is 2.85 bits per heavy atom. The molecule has 1 heterocycles. The Kier molecular flexibility index (Phi) is 4.22. The zero-order chi connectivity index (χ0) is 9.73. The summed E-state index contributed by atoms with van der Waals surface area (Å²) in [5.41, 5.74) is 0. The summed E-state index contributed by atoms with van der Waals surface area (Å²) in [4.78, 5) is 0. The van der Waals surface area contributed by atoms with Gasteiger partial charge in [-0.2, -0.15) is 0 Å². The molecule has 0 aromatic rings. The van der Waals surface area contributed by atoms with Crippen LogP contribution < -0.4 is 5.32 Å². The molecule has 0 spiro atoms. The van der Waals surface area contributed by atoms with Gasteiger partial charge in [-0.15, -0.1) is 0 Å². The van der Waals surface area contributed by atoms with E-state index in [1.54, 1.807) is 6.08 Å². The van der Waals surface area contributed by atoms with Crippen LogP contribution in [0.2, 0.25) is 0 Å². The Balaban J connectivity index is 2.29. The van der Waals surface area contributed by atoms with Gasteiger partial charge in [0, 0.05) is 16.1 Å². The molecular formula is C8H14ClNO2S. The third-order valence-electron chi connectivity index (χ3n) is 2.13. The van der Waals surface area contributed by atoms with Gasteiger partial charge in [-0.05, 0) is 38.3 Å². The van der Waals surface area contributed by atoms with Gasteiger partial charge in [-0.1, -0.05) is 6.08 Å². The van der Waals surface area contributed by atoms with Crippen molar-refractivity contribution in [2.24, 2.45) is 5.92 Å². The monoisotopic (exact) mass is 223 g/mol. The molecule has 5 heteroatoms. The van der Waals surface area contributed by atoms with Crippen molar-refractivity contribution in [3.8, 4) is 0 Å². The largest absolute Gasteiger partial charge is 0.316 e. The number of hydrogen-bond donors (Lipinski definition) is 1. The minimum absolute atomic E-state index is 0.559. The fourth-order valence-electron chi connectivity index (χ4n) is 1.49. The van der Waals surface area contributed by atoms with Crippen molar-refractivity contribution in [1.82, 2.24) is 5.32 Å². The molecule has 0 amide bonds. The fraction of sp³-hybridized carbons (Fsp3) is 0.750. The van der Waals surface area contributed by atoms with E-state index in [1.807, 2.05) is 0 Å². The fourth-order valence-corrected chi connectivity index (χ4v) is 2.05. The van der Waals surface area contributed by atoms with E-state index in [0.29, 0.717) is 5.92 Å². The summed E-state index contributed by atoms with van der Waals surface area (Å²) in [5.74, 6) is 0.559.